The number of ether oxygens (including phenoxy) is 2. The summed E-state index contributed by atoms with van der Waals surface area (Å²) in [5, 5.41) is 0. The van der Waals surface area contributed by atoms with Crippen molar-refractivity contribution in [1.29, 1.82) is 0 Å². The summed E-state index contributed by atoms with van der Waals surface area (Å²) in [5.74, 6) is 0.418. The molecule has 0 aliphatic heterocycles. The zero-order chi connectivity index (χ0) is 14.9. The van der Waals surface area contributed by atoms with E-state index in [1.54, 1.807) is 18.3 Å². The van der Waals surface area contributed by atoms with Crippen molar-refractivity contribution in [2.24, 2.45) is 4.99 Å². The second-order valence-electron chi connectivity index (χ2n) is 4.11. The van der Waals surface area contributed by atoms with Crippen molar-refractivity contribution < 1.29 is 14.3 Å². The standard InChI is InChI=1S/C17H15NO3/c1-2-12-20-17(19)21-16-10-8-14(9-11-16)13-18-15-6-4-3-5-7-15/h2-11,13H,1,12H2. The Bertz CT molecular complexity index is 618. The van der Waals surface area contributed by atoms with Crippen molar-refractivity contribution >= 4 is 18.1 Å². The first-order valence-electron chi connectivity index (χ1n) is 6.42. The van der Waals surface area contributed by atoms with Crippen LogP contribution < -0.4 is 4.74 Å². The molecular weight excluding hydrogens is 266 g/mol. The van der Waals surface area contributed by atoms with E-state index in [0.29, 0.717) is 5.75 Å². The maximum atomic E-state index is 11.2. The lowest BCUT2D eigenvalue weighted by atomic mass is 10.2. The van der Waals surface area contributed by atoms with Crippen LogP contribution in [0.5, 0.6) is 5.75 Å². The Morgan fingerprint density at radius 1 is 1.10 bits per heavy atom. The number of nitrogens with zero attached hydrogens (tertiary/aromatic N) is 1. The molecule has 2 aromatic rings. The van der Waals surface area contributed by atoms with Crippen LogP contribution in [-0.2, 0) is 4.74 Å². The second kappa shape index (κ2) is 7.65. The van der Waals surface area contributed by atoms with Crippen molar-refractivity contribution in [2.75, 3.05) is 6.61 Å². The van der Waals surface area contributed by atoms with E-state index in [0.717, 1.165) is 11.3 Å². The molecule has 2 rings (SSSR count). The Balaban J connectivity index is 1.94. The van der Waals surface area contributed by atoms with Crippen LogP contribution in [0.3, 0.4) is 0 Å². The zero-order valence-electron chi connectivity index (χ0n) is 11.4. The third-order valence-corrected chi connectivity index (χ3v) is 2.52. The average molecular weight is 281 g/mol. The fourth-order valence-electron chi connectivity index (χ4n) is 1.54. The van der Waals surface area contributed by atoms with Gasteiger partial charge in [0, 0.05) is 6.21 Å². The number of benzene rings is 2. The Hall–Kier alpha value is -2.88. The summed E-state index contributed by atoms with van der Waals surface area (Å²) in [6.45, 7) is 3.58. The quantitative estimate of drug-likeness (QED) is 0.358. The first-order valence-corrected chi connectivity index (χ1v) is 6.42. The molecule has 0 saturated heterocycles. The zero-order valence-corrected chi connectivity index (χ0v) is 11.4. The van der Waals surface area contributed by atoms with Gasteiger partial charge in [-0.1, -0.05) is 30.9 Å². The molecule has 4 nitrogen and oxygen atoms in total. The van der Waals surface area contributed by atoms with Crippen molar-refractivity contribution in [1.82, 2.24) is 0 Å². The normalized spacial score (nSPS) is 10.3. The Kier molecular flexibility index (Phi) is 5.29. The molecule has 0 radical (unpaired) electrons. The Labute approximate surface area is 123 Å². The molecule has 0 aliphatic rings. The van der Waals surface area contributed by atoms with Crippen LogP contribution in [0.1, 0.15) is 5.56 Å². The molecule has 0 aliphatic carbocycles. The third-order valence-electron chi connectivity index (χ3n) is 2.52. The summed E-state index contributed by atoms with van der Waals surface area (Å²) >= 11 is 0. The highest BCUT2D eigenvalue weighted by Gasteiger charge is 2.04. The maximum Gasteiger partial charge on any atom is 0.514 e. The Morgan fingerprint density at radius 2 is 1.81 bits per heavy atom. The number of hydrogen-bond donors (Lipinski definition) is 0. The molecule has 0 saturated carbocycles. The molecule has 0 aromatic heterocycles. The first-order chi connectivity index (χ1) is 10.3. The van der Waals surface area contributed by atoms with Crippen LogP contribution in [0.15, 0.2) is 72.2 Å². The van der Waals surface area contributed by atoms with E-state index in [4.69, 9.17) is 9.47 Å². The molecule has 2 aromatic carbocycles. The van der Waals surface area contributed by atoms with Crippen molar-refractivity contribution in [3.05, 3.63) is 72.8 Å². The number of para-hydroxylation sites is 1. The minimum atomic E-state index is -0.749. The van der Waals surface area contributed by atoms with Crippen LogP contribution in [0, 0.1) is 0 Å². The SMILES string of the molecule is C=CCOC(=O)Oc1ccc(C=Nc2ccccc2)cc1. The molecule has 106 valence electrons. The van der Waals surface area contributed by atoms with Gasteiger partial charge in [0.25, 0.3) is 0 Å². The fraction of sp³-hybridized carbons (Fsp3) is 0.0588. The van der Waals surface area contributed by atoms with Gasteiger partial charge in [-0.15, -0.1) is 0 Å². The number of aliphatic imine (C=N–C) groups is 1. The molecule has 0 N–H and O–H groups in total. The summed E-state index contributed by atoms with van der Waals surface area (Å²) < 4.78 is 9.71. The fourth-order valence-corrected chi connectivity index (χ4v) is 1.54. The van der Waals surface area contributed by atoms with E-state index < -0.39 is 6.16 Å². The van der Waals surface area contributed by atoms with Crippen molar-refractivity contribution in [3.8, 4) is 5.75 Å². The highest BCUT2D eigenvalue weighted by molar-refractivity contribution is 5.82. The van der Waals surface area contributed by atoms with E-state index in [1.165, 1.54) is 6.08 Å². The molecule has 0 fully saturated rings. The molecule has 0 bridgehead atoms. The van der Waals surface area contributed by atoms with Gasteiger partial charge in [0.15, 0.2) is 0 Å². The van der Waals surface area contributed by atoms with E-state index in [9.17, 15) is 4.79 Å². The lowest BCUT2D eigenvalue weighted by Crippen LogP contribution is -2.10. The van der Waals surface area contributed by atoms with Crippen LogP contribution in [0.25, 0.3) is 0 Å². The van der Waals surface area contributed by atoms with Gasteiger partial charge < -0.3 is 9.47 Å². The highest BCUT2D eigenvalue weighted by Crippen LogP contribution is 2.14. The number of carbonyl (C=O) groups excluding carboxylic acids is 1. The van der Waals surface area contributed by atoms with Crippen molar-refractivity contribution in [3.63, 3.8) is 0 Å². The first kappa shape index (κ1) is 14.5. The monoisotopic (exact) mass is 281 g/mol. The van der Waals surface area contributed by atoms with Gasteiger partial charge in [0.05, 0.1) is 5.69 Å². The molecule has 0 amide bonds. The lowest BCUT2D eigenvalue weighted by Gasteiger charge is -2.03. The summed E-state index contributed by atoms with van der Waals surface area (Å²) in [5.41, 5.74) is 1.79. The number of carbonyl (C=O) groups is 1. The summed E-state index contributed by atoms with van der Waals surface area (Å²) in [4.78, 5) is 15.6. The molecular formula is C17H15NO3. The minimum Gasteiger partial charge on any atom is -0.430 e. The Morgan fingerprint density at radius 3 is 2.48 bits per heavy atom. The van der Waals surface area contributed by atoms with Crippen molar-refractivity contribution in [2.45, 2.75) is 0 Å². The largest absolute Gasteiger partial charge is 0.514 e. The molecule has 0 atom stereocenters. The van der Waals surface area contributed by atoms with E-state index in [2.05, 4.69) is 11.6 Å². The van der Waals surface area contributed by atoms with Crippen LogP contribution in [-0.4, -0.2) is 19.0 Å². The summed E-state index contributed by atoms with van der Waals surface area (Å²) in [6.07, 6.45) is 2.47. The van der Waals surface area contributed by atoms with Gasteiger partial charge in [-0.2, -0.15) is 0 Å². The van der Waals surface area contributed by atoms with Gasteiger partial charge >= 0.3 is 6.16 Å². The predicted octanol–water partition coefficient (Wildman–Crippen LogP) is 4.14. The van der Waals surface area contributed by atoms with Gasteiger partial charge in [0.2, 0.25) is 0 Å². The van der Waals surface area contributed by atoms with E-state index in [1.807, 2.05) is 42.5 Å². The lowest BCUT2D eigenvalue weighted by molar-refractivity contribution is 0.109. The number of hydrogen-bond acceptors (Lipinski definition) is 4. The van der Waals surface area contributed by atoms with E-state index in [-0.39, 0.29) is 6.61 Å². The number of rotatable bonds is 5. The highest BCUT2D eigenvalue weighted by atomic mass is 16.7. The average Bonchev–Trinajstić information content (AvgIpc) is 2.53. The molecule has 0 heterocycles. The smallest absolute Gasteiger partial charge is 0.430 e. The third kappa shape index (κ3) is 4.95. The van der Waals surface area contributed by atoms with Crippen LogP contribution in [0.2, 0.25) is 0 Å². The van der Waals surface area contributed by atoms with Gasteiger partial charge in [-0.25, -0.2) is 4.79 Å². The molecule has 0 spiro atoms. The van der Waals surface area contributed by atoms with Crippen LogP contribution >= 0.6 is 0 Å². The summed E-state index contributed by atoms with van der Waals surface area (Å²) in [7, 11) is 0. The topological polar surface area (TPSA) is 47.9 Å². The predicted molar refractivity (Wildman–Crippen MR) is 82.3 cm³/mol. The van der Waals surface area contributed by atoms with Gasteiger partial charge in [-0.05, 0) is 42.0 Å². The van der Waals surface area contributed by atoms with Crippen LogP contribution in [0.4, 0.5) is 10.5 Å². The van der Waals surface area contributed by atoms with Gasteiger partial charge in [-0.3, -0.25) is 4.99 Å². The summed E-state index contributed by atoms with van der Waals surface area (Å²) in [6, 6.07) is 16.6. The molecule has 4 heteroatoms. The van der Waals surface area contributed by atoms with Gasteiger partial charge in [0.1, 0.15) is 12.4 Å². The van der Waals surface area contributed by atoms with E-state index >= 15 is 0 Å². The minimum absolute atomic E-state index is 0.126. The second-order valence-corrected chi connectivity index (χ2v) is 4.11. The molecule has 21 heavy (non-hydrogen) atoms. The maximum absolute atomic E-state index is 11.2. The molecule has 0 unspecified atom stereocenters.